The molecule has 0 spiro atoms. The van der Waals surface area contributed by atoms with Gasteiger partial charge < -0.3 is 5.32 Å². The van der Waals surface area contributed by atoms with Crippen LogP contribution in [0.5, 0.6) is 0 Å². The topological polar surface area (TPSA) is 57.1 Å². The first-order valence-corrected chi connectivity index (χ1v) is 10.1. The van der Waals surface area contributed by atoms with Gasteiger partial charge in [0.05, 0.1) is 12.0 Å². The normalized spacial score (nSPS) is 16.3. The molecule has 1 amide bonds. The molecule has 6 heteroatoms. The molecule has 0 saturated carbocycles. The second-order valence-electron chi connectivity index (χ2n) is 6.17. The molecule has 1 fully saturated rings. The summed E-state index contributed by atoms with van der Waals surface area (Å²) < 4.78 is 0. The van der Waals surface area contributed by atoms with Crippen LogP contribution in [0.3, 0.4) is 0 Å². The Bertz CT molecular complexity index is 607. The van der Waals surface area contributed by atoms with Crippen LogP contribution in [0.2, 0.25) is 0 Å². The predicted molar refractivity (Wildman–Crippen MR) is 107 cm³/mol. The summed E-state index contributed by atoms with van der Waals surface area (Å²) in [5.74, 6) is 0.413. The summed E-state index contributed by atoms with van der Waals surface area (Å²) >= 11 is 1.39. The average Bonchev–Trinajstić information content (AvgIpc) is 3.04. The van der Waals surface area contributed by atoms with E-state index in [2.05, 4.69) is 52.5 Å². The zero-order chi connectivity index (χ0) is 17.9. The zero-order valence-corrected chi connectivity index (χ0v) is 16.0. The molecule has 1 saturated heterocycles. The zero-order valence-electron chi connectivity index (χ0n) is 15.2. The van der Waals surface area contributed by atoms with Crippen molar-refractivity contribution in [2.75, 3.05) is 18.8 Å². The van der Waals surface area contributed by atoms with Gasteiger partial charge in [-0.2, -0.15) is 5.10 Å². The maximum Gasteiger partial charge on any atom is 0.236 e. The second-order valence-corrected chi connectivity index (χ2v) is 7.13. The Morgan fingerprint density at radius 1 is 1.20 bits per heavy atom. The summed E-state index contributed by atoms with van der Waals surface area (Å²) in [6, 6.07) is 8.32. The van der Waals surface area contributed by atoms with Crippen molar-refractivity contribution in [3.63, 3.8) is 0 Å². The highest BCUT2D eigenvalue weighted by Crippen LogP contribution is 2.13. The van der Waals surface area contributed by atoms with E-state index in [0.717, 1.165) is 25.2 Å². The van der Waals surface area contributed by atoms with Crippen LogP contribution < -0.4 is 5.32 Å². The molecule has 0 aliphatic carbocycles. The van der Waals surface area contributed by atoms with Crippen LogP contribution in [0.15, 0.2) is 34.5 Å². The minimum absolute atomic E-state index is 0.0122. The minimum atomic E-state index is -0.0122. The average molecular weight is 361 g/mol. The maximum atomic E-state index is 11.2. The van der Waals surface area contributed by atoms with E-state index in [0.29, 0.717) is 10.9 Å². The summed E-state index contributed by atoms with van der Waals surface area (Å²) in [5, 5.41) is 11.5. The third-order valence-electron chi connectivity index (χ3n) is 4.04. The number of thioether (sulfide) groups is 1. The number of rotatable bonds is 10. The van der Waals surface area contributed by atoms with E-state index in [1.807, 2.05) is 6.07 Å². The smallest absolute Gasteiger partial charge is 0.236 e. The molecule has 1 aromatic rings. The standard InChI is InChI=1S/C19H28N4OS/c1-3-5-11-23(12-6-4-2)14-17-10-8-7-9-16(17)13-20-22-19-21-18(24)15-25-19/h7-10,13H,3-6,11-12,14-15H2,1-2H3,(H,21,22,24). The largest absolute Gasteiger partial charge is 0.303 e. The molecule has 1 N–H and O–H groups in total. The van der Waals surface area contributed by atoms with Gasteiger partial charge in [0.25, 0.3) is 0 Å². The molecular weight excluding hydrogens is 332 g/mol. The lowest BCUT2D eigenvalue weighted by Crippen LogP contribution is -2.26. The van der Waals surface area contributed by atoms with Crippen molar-refractivity contribution in [1.29, 1.82) is 0 Å². The third-order valence-corrected chi connectivity index (χ3v) is 4.90. The van der Waals surface area contributed by atoms with E-state index in [4.69, 9.17) is 0 Å². The molecule has 0 radical (unpaired) electrons. The van der Waals surface area contributed by atoms with Crippen LogP contribution in [0.4, 0.5) is 0 Å². The molecule has 25 heavy (non-hydrogen) atoms. The van der Waals surface area contributed by atoms with E-state index >= 15 is 0 Å². The van der Waals surface area contributed by atoms with Crippen molar-refractivity contribution < 1.29 is 4.79 Å². The molecule has 1 aliphatic rings. The van der Waals surface area contributed by atoms with Crippen molar-refractivity contribution >= 4 is 29.1 Å². The van der Waals surface area contributed by atoms with E-state index < -0.39 is 0 Å². The highest BCUT2D eigenvalue weighted by molar-refractivity contribution is 8.15. The van der Waals surface area contributed by atoms with Gasteiger partial charge in [0.15, 0.2) is 5.17 Å². The van der Waals surface area contributed by atoms with E-state index in [1.165, 1.54) is 43.0 Å². The third kappa shape index (κ3) is 7.00. The van der Waals surface area contributed by atoms with Crippen LogP contribution in [0.1, 0.15) is 50.7 Å². The maximum absolute atomic E-state index is 11.2. The fraction of sp³-hybridized carbons (Fsp3) is 0.526. The van der Waals surface area contributed by atoms with Gasteiger partial charge in [-0.05, 0) is 37.1 Å². The van der Waals surface area contributed by atoms with Gasteiger partial charge in [-0.15, -0.1) is 5.10 Å². The summed E-state index contributed by atoms with van der Waals surface area (Å²) in [4.78, 5) is 13.7. The summed E-state index contributed by atoms with van der Waals surface area (Å²) in [5.41, 5.74) is 2.35. The second kappa shape index (κ2) is 11.1. The number of carbonyl (C=O) groups excluding carboxylic acids is 1. The number of benzene rings is 1. The Hall–Kier alpha value is -1.66. The van der Waals surface area contributed by atoms with Crippen molar-refractivity contribution in [3.8, 4) is 0 Å². The summed E-state index contributed by atoms with van der Waals surface area (Å²) in [6.07, 6.45) is 6.67. The van der Waals surface area contributed by atoms with Crippen LogP contribution in [0.25, 0.3) is 0 Å². The van der Waals surface area contributed by atoms with E-state index in [9.17, 15) is 4.79 Å². The van der Waals surface area contributed by atoms with Gasteiger partial charge in [-0.3, -0.25) is 9.69 Å². The van der Waals surface area contributed by atoms with Crippen molar-refractivity contribution in [3.05, 3.63) is 35.4 Å². The Morgan fingerprint density at radius 3 is 2.56 bits per heavy atom. The van der Waals surface area contributed by atoms with Gasteiger partial charge >= 0.3 is 0 Å². The number of unbranched alkanes of at least 4 members (excludes halogenated alkanes) is 2. The summed E-state index contributed by atoms with van der Waals surface area (Å²) in [7, 11) is 0. The molecule has 2 rings (SSSR count). The monoisotopic (exact) mass is 360 g/mol. The lowest BCUT2D eigenvalue weighted by atomic mass is 10.1. The Labute approximate surface area is 155 Å². The van der Waals surface area contributed by atoms with E-state index in [-0.39, 0.29) is 5.91 Å². The Kier molecular flexibility index (Phi) is 8.69. The van der Waals surface area contributed by atoms with Gasteiger partial charge in [0, 0.05) is 6.54 Å². The number of carbonyl (C=O) groups is 1. The number of nitrogens with one attached hydrogen (secondary N) is 1. The molecule has 0 atom stereocenters. The molecule has 1 aromatic carbocycles. The molecule has 0 unspecified atom stereocenters. The van der Waals surface area contributed by atoms with Crippen molar-refractivity contribution in [2.45, 2.75) is 46.1 Å². The summed E-state index contributed by atoms with van der Waals surface area (Å²) in [6.45, 7) is 7.67. The van der Waals surface area contributed by atoms with Gasteiger partial charge in [0.2, 0.25) is 5.91 Å². The molecular formula is C19H28N4OS. The van der Waals surface area contributed by atoms with Crippen LogP contribution in [-0.4, -0.2) is 41.0 Å². The van der Waals surface area contributed by atoms with Crippen LogP contribution in [0, 0.1) is 0 Å². The first-order valence-electron chi connectivity index (χ1n) is 9.06. The molecule has 1 aliphatic heterocycles. The molecule has 0 aromatic heterocycles. The molecule has 5 nitrogen and oxygen atoms in total. The van der Waals surface area contributed by atoms with Crippen molar-refractivity contribution in [2.24, 2.45) is 10.2 Å². The lowest BCUT2D eigenvalue weighted by Gasteiger charge is -2.22. The van der Waals surface area contributed by atoms with Gasteiger partial charge in [-0.1, -0.05) is 62.7 Å². The molecule has 0 bridgehead atoms. The van der Waals surface area contributed by atoms with Gasteiger partial charge in [-0.25, -0.2) is 0 Å². The number of amidine groups is 1. The number of nitrogens with zero attached hydrogens (tertiary/aromatic N) is 3. The predicted octanol–water partition coefficient (Wildman–Crippen LogP) is 3.64. The first-order chi connectivity index (χ1) is 12.2. The number of amides is 1. The molecule has 136 valence electrons. The van der Waals surface area contributed by atoms with Crippen LogP contribution in [-0.2, 0) is 11.3 Å². The van der Waals surface area contributed by atoms with Crippen molar-refractivity contribution in [1.82, 2.24) is 10.2 Å². The quantitative estimate of drug-likeness (QED) is 0.512. The highest BCUT2D eigenvalue weighted by Gasteiger charge is 2.16. The molecule has 1 heterocycles. The SMILES string of the molecule is CCCCN(CCCC)Cc1ccccc1C=NN=C1NC(=O)CS1. The Morgan fingerprint density at radius 2 is 1.92 bits per heavy atom. The minimum Gasteiger partial charge on any atom is -0.303 e. The lowest BCUT2D eigenvalue weighted by molar-refractivity contribution is -0.116. The fourth-order valence-electron chi connectivity index (χ4n) is 2.60. The Balaban J connectivity index is 2.03. The number of hydrogen-bond donors (Lipinski definition) is 1. The van der Waals surface area contributed by atoms with Crippen LogP contribution >= 0.6 is 11.8 Å². The van der Waals surface area contributed by atoms with E-state index in [1.54, 1.807) is 6.21 Å². The highest BCUT2D eigenvalue weighted by atomic mass is 32.2. The number of hydrogen-bond acceptors (Lipinski definition) is 5. The fourth-order valence-corrected chi connectivity index (χ4v) is 3.23. The van der Waals surface area contributed by atoms with Gasteiger partial charge in [0.1, 0.15) is 0 Å². The first kappa shape index (κ1) is 19.7.